The van der Waals surface area contributed by atoms with Crippen molar-refractivity contribution in [2.24, 2.45) is 0 Å². The molecule has 10 heteroatoms. The highest BCUT2D eigenvalue weighted by atomic mass is 32.2. The lowest BCUT2D eigenvalue weighted by molar-refractivity contribution is -0.147. The van der Waals surface area contributed by atoms with Crippen molar-refractivity contribution >= 4 is 15.9 Å². The van der Waals surface area contributed by atoms with Gasteiger partial charge < -0.3 is 18.9 Å². The van der Waals surface area contributed by atoms with Crippen LogP contribution in [-0.4, -0.2) is 80.3 Å². The first kappa shape index (κ1) is 21.2. The molecule has 1 aromatic heterocycles. The first-order valence-corrected chi connectivity index (χ1v) is 11.2. The van der Waals surface area contributed by atoms with Gasteiger partial charge in [-0.3, -0.25) is 4.79 Å². The highest BCUT2D eigenvalue weighted by Gasteiger charge is 2.35. The fourth-order valence-corrected chi connectivity index (χ4v) is 5.35. The predicted octanol–water partition coefficient (Wildman–Crippen LogP) is 1.10. The smallest absolute Gasteiger partial charge is 0.251 e. The van der Waals surface area contributed by atoms with Crippen LogP contribution in [0.4, 0.5) is 0 Å². The van der Waals surface area contributed by atoms with Crippen molar-refractivity contribution in [3.8, 4) is 0 Å². The standard InChI is InChI=1S/C18H29N3O6S/c1-13-17(14(2)27-19-13)28(23,24)21-9-7-20(8-10-21)18(22)15(3)26-12-16-6-4-5-11-25-16/h15-16H,4-12H2,1-3H3/t15-,16-/m1/s1. The van der Waals surface area contributed by atoms with Crippen molar-refractivity contribution in [3.05, 3.63) is 11.5 Å². The molecule has 0 aliphatic carbocycles. The minimum Gasteiger partial charge on any atom is -0.376 e. The Morgan fingerprint density at radius 1 is 1.25 bits per heavy atom. The number of hydrogen-bond donors (Lipinski definition) is 0. The van der Waals surface area contributed by atoms with E-state index in [2.05, 4.69) is 5.16 Å². The Morgan fingerprint density at radius 3 is 2.54 bits per heavy atom. The minimum absolute atomic E-state index is 0.0565. The number of nitrogens with zero attached hydrogens (tertiary/aromatic N) is 3. The normalized spacial score (nSPS) is 23.0. The molecular weight excluding hydrogens is 386 g/mol. The highest BCUT2D eigenvalue weighted by molar-refractivity contribution is 7.89. The number of piperazine rings is 1. The third-order valence-corrected chi connectivity index (χ3v) is 7.41. The number of aromatic nitrogens is 1. The largest absolute Gasteiger partial charge is 0.376 e. The summed E-state index contributed by atoms with van der Waals surface area (Å²) in [7, 11) is -3.68. The van der Waals surface area contributed by atoms with Crippen LogP contribution in [0.5, 0.6) is 0 Å². The fraction of sp³-hybridized carbons (Fsp3) is 0.778. The van der Waals surface area contributed by atoms with Gasteiger partial charge in [-0.05, 0) is 40.0 Å². The molecule has 9 nitrogen and oxygen atoms in total. The van der Waals surface area contributed by atoms with E-state index in [4.69, 9.17) is 14.0 Å². The molecule has 1 amide bonds. The number of ether oxygens (including phenoxy) is 2. The molecule has 0 bridgehead atoms. The summed E-state index contributed by atoms with van der Waals surface area (Å²) in [6.07, 6.45) is 2.64. The molecule has 2 aliphatic rings. The van der Waals surface area contributed by atoms with Crippen LogP contribution in [0.15, 0.2) is 9.42 Å². The average molecular weight is 416 g/mol. The summed E-state index contributed by atoms with van der Waals surface area (Å²) in [5.74, 6) is 0.160. The molecule has 0 saturated carbocycles. The van der Waals surface area contributed by atoms with Gasteiger partial charge in [0.15, 0.2) is 5.76 Å². The summed E-state index contributed by atoms with van der Waals surface area (Å²) in [5.41, 5.74) is 0.350. The van der Waals surface area contributed by atoms with Crippen LogP contribution in [0, 0.1) is 13.8 Å². The van der Waals surface area contributed by atoms with E-state index in [0.717, 1.165) is 25.9 Å². The lowest BCUT2D eigenvalue weighted by Gasteiger charge is -2.35. The molecule has 2 atom stereocenters. The van der Waals surface area contributed by atoms with E-state index in [1.165, 1.54) is 4.31 Å². The van der Waals surface area contributed by atoms with E-state index in [-0.39, 0.29) is 35.8 Å². The molecule has 0 aromatic carbocycles. The fourth-order valence-electron chi connectivity index (χ4n) is 3.64. The molecular formula is C18H29N3O6S. The third kappa shape index (κ3) is 4.56. The van der Waals surface area contributed by atoms with Gasteiger partial charge in [0.05, 0.1) is 12.7 Å². The molecule has 3 heterocycles. The maximum absolute atomic E-state index is 12.9. The van der Waals surface area contributed by atoms with Crippen LogP contribution in [0.1, 0.15) is 37.6 Å². The Morgan fingerprint density at radius 2 is 1.96 bits per heavy atom. The summed E-state index contributed by atoms with van der Waals surface area (Å²) in [4.78, 5) is 14.4. The zero-order valence-corrected chi connectivity index (χ0v) is 17.5. The maximum atomic E-state index is 12.9. The van der Waals surface area contributed by atoms with Gasteiger partial charge in [-0.15, -0.1) is 0 Å². The second kappa shape index (κ2) is 8.89. The van der Waals surface area contributed by atoms with Crippen LogP contribution in [0.2, 0.25) is 0 Å². The molecule has 0 unspecified atom stereocenters. The number of hydrogen-bond acceptors (Lipinski definition) is 7. The molecule has 0 N–H and O–H groups in total. The molecule has 158 valence electrons. The van der Waals surface area contributed by atoms with E-state index in [1.807, 2.05) is 0 Å². The van der Waals surface area contributed by atoms with E-state index in [1.54, 1.807) is 25.7 Å². The van der Waals surface area contributed by atoms with E-state index in [0.29, 0.717) is 25.4 Å². The van der Waals surface area contributed by atoms with Crippen LogP contribution in [0.25, 0.3) is 0 Å². The SMILES string of the molecule is Cc1noc(C)c1S(=O)(=O)N1CCN(C(=O)[C@@H](C)OC[C@H]2CCCCO2)CC1. The van der Waals surface area contributed by atoms with Crippen molar-refractivity contribution in [2.75, 3.05) is 39.4 Å². The number of carbonyl (C=O) groups excluding carboxylic acids is 1. The van der Waals surface area contributed by atoms with Crippen molar-refractivity contribution in [1.82, 2.24) is 14.4 Å². The summed E-state index contributed by atoms with van der Waals surface area (Å²) in [6.45, 7) is 7.21. The van der Waals surface area contributed by atoms with Gasteiger partial charge in [0, 0.05) is 32.8 Å². The molecule has 3 rings (SSSR count). The van der Waals surface area contributed by atoms with Gasteiger partial charge in [0.25, 0.3) is 5.91 Å². The molecule has 28 heavy (non-hydrogen) atoms. The van der Waals surface area contributed by atoms with Crippen molar-refractivity contribution in [1.29, 1.82) is 0 Å². The molecule has 2 aliphatic heterocycles. The second-order valence-corrected chi connectivity index (χ2v) is 9.22. The maximum Gasteiger partial charge on any atom is 0.251 e. The van der Waals surface area contributed by atoms with Gasteiger partial charge in [0.2, 0.25) is 10.0 Å². The molecule has 2 fully saturated rings. The van der Waals surface area contributed by atoms with Crippen LogP contribution < -0.4 is 0 Å². The quantitative estimate of drug-likeness (QED) is 0.685. The van der Waals surface area contributed by atoms with Crippen molar-refractivity contribution in [3.63, 3.8) is 0 Å². The van der Waals surface area contributed by atoms with Gasteiger partial charge in [-0.25, -0.2) is 8.42 Å². The molecule has 2 saturated heterocycles. The highest BCUT2D eigenvalue weighted by Crippen LogP contribution is 2.24. The Bertz CT molecular complexity index is 760. The first-order valence-electron chi connectivity index (χ1n) is 9.75. The zero-order valence-electron chi connectivity index (χ0n) is 16.7. The zero-order chi connectivity index (χ0) is 20.3. The van der Waals surface area contributed by atoms with Gasteiger partial charge in [0.1, 0.15) is 16.7 Å². The number of aryl methyl sites for hydroxylation is 2. The van der Waals surface area contributed by atoms with E-state index in [9.17, 15) is 13.2 Å². The monoisotopic (exact) mass is 415 g/mol. The van der Waals surface area contributed by atoms with E-state index < -0.39 is 16.1 Å². The van der Waals surface area contributed by atoms with Gasteiger partial charge in [-0.2, -0.15) is 4.31 Å². The van der Waals surface area contributed by atoms with Crippen molar-refractivity contribution < 1.29 is 27.2 Å². The Balaban J connectivity index is 1.52. The minimum atomic E-state index is -3.68. The topological polar surface area (TPSA) is 102 Å². The Kier molecular flexibility index (Phi) is 6.74. The third-order valence-electron chi connectivity index (χ3n) is 5.27. The lowest BCUT2D eigenvalue weighted by Crippen LogP contribution is -2.53. The molecule has 0 radical (unpaired) electrons. The number of sulfonamides is 1. The summed E-state index contributed by atoms with van der Waals surface area (Å²) < 4.78 is 43.4. The summed E-state index contributed by atoms with van der Waals surface area (Å²) >= 11 is 0. The van der Waals surface area contributed by atoms with Gasteiger partial charge >= 0.3 is 0 Å². The van der Waals surface area contributed by atoms with Crippen LogP contribution >= 0.6 is 0 Å². The van der Waals surface area contributed by atoms with Crippen molar-refractivity contribution in [2.45, 2.75) is 57.1 Å². The van der Waals surface area contributed by atoms with E-state index >= 15 is 0 Å². The summed E-state index contributed by atoms with van der Waals surface area (Å²) in [5, 5.41) is 3.73. The number of rotatable bonds is 6. The number of carbonyl (C=O) groups is 1. The van der Waals surface area contributed by atoms with Gasteiger partial charge in [-0.1, -0.05) is 5.16 Å². The second-order valence-electron chi connectivity index (χ2n) is 7.35. The van der Waals surface area contributed by atoms with Crippen LogP contribution in [0.3, 0.4) is 0 Å². The molecule has 1 aromatic rings. The first-order chi connectivity index (χ1) is 13.3. The summed E-state index contributed by atoms with van der Waals surface area (Å²) in [6, 6.07) is 0. The Labute approximate surface area is 166 Å². The van der Waals surface area contributed by atoms with Crippen LogP contribution in [-0.2, 0) is 24.3 Å². The Hall–Kier alpha value is -1.49. The lowest BCUT2D eigenvalue weighted by atomic mass is 10.1. The molecule has 0 spiro atoms. The number of amides is 1. The predicted molar refractivity (Wildman–Crippen MR) is 100 cm³/mol. The average Bonchev–Trinajstić information content (AvgIpc) is 3.05.